The van der Waals surface area contributed by atoms with Gasteiger partial charge in [0.05, 0.1) is 5.92 Å². The Labute approximate surface area is 234 Å². The van der Waals surface area contributed by atoms with E-state index in [0.29, 0.717) is 27.8 Å². The van der Waals surface area contributed by atoms with Gasteiger partial charge in [0.15, 0.2) is 17.3 Å². The van der Waals surface area contributed by atoms with Crippen molar-refractivity contribution in [3.63, 3.8) is 0 Å². The van der Waals surface area contributed by atoms with E-state index >= 15 is 0 Å². The molecule has 0 radical (unpaired) electrons. The third kappa shape index (κ3) is 5.95. The molecule has 0 heterocycles. The predicted molar refractivity (Wildman–Crippen MR) is 159 cm³/mol. The Morgan fingerprint density at radius 3 is 1.27 bits per heavy atom. The number of carbonyl (C=O) groups excluding carboxylic acids is 3. The molecule has 1 unspecified atom stereocenters. The first-order chi connectivity index (χ1) is 19.6. The number of allylic oxidation sites excluding steroid dienone is 1. The van der Waals surface area contributed by atoms with Gasteiger partial charge in [-0.25, -0.2) is 0 Å². The van der Waals surface area contributed by atoms with Crippen molar-refractivity contribution >= 4 is 23.4 Å². The second-order valence-corrected chi connectivity index (χ2v) is 9.53. The smallest absolute Gasteiger partial charge is 0.189 e. The van der Waals surface area contributed by atoms with Crippen LogP contribution in [0.3, 0.4) is 0 Å². The van der Waals surface area contributed by atoms with Gasteiger partial charge in [0.1, 0.15) is 0 Å². The molecule has 3 nitrogen and oxygen atoms in total. The summed E-state index contributed by atoms with van der Waals surface area (Å²) in [6.45, 7) is 0. The Kier molecular flexibility index (Phi) is 8.33. The van der Waals surface area contributed by atoms with Crippen molar-refractivity contribution in [2.75, 3.05) is 0 Å². The van der Waals surface area contributed by atoms with E-state index in [2.05, 4.69) is 0 Å². The van der Waals surface area contributed by atoms with Crippen LogP contribution < -0.4 is 0 Å². The van der Waals surface area contributed by atoms with Crippen LogP contribution in [0.1, 0.15) is 48.1 Å². The van der Waals surface area contributed by atoms with Gasteiger partial charge in [-0.05, 0) is 17.2 Å². The topological polar surface area (TPSA) is 51.2 Å². The SMILES string of the molecule is O=C(/C(=C\c1ccccc1)C(c1ccccc1)C(C(=O)c1ccccc1)C(=O)c1ccccc1)c1ccccc1. The zero-order valence-corrected chi connectivity index (χ0v) is 21.9. The molecule has 5 aromatic carbocycles. The molecule has 0 amide bonds. The molecule has 0 saturated heterocycles. The van der Waals surface area contributed by atoms with Gasteiger partial charge in [0.2, 0.25) is 0 Å². The highest BCUT2D eigenvalue weighted by Crippen LogP contribution is 2.39. The minimum Gasteiger partial charge on any atom is -0.293 e. The largest absolute Gasteiger partial charge is 0.293 e. The van der Waals surface area contributed by atoms with Crippen LogP contribution >= 0.6 is 0 Å². The van der Waals surface area contributed by atoms with E-state index in [4.69, 9.17) is 0 Å². The molecule has 194 valence electrons. The summed E-state index contributed by atoms with van der Waals surface area (Å²) in [5.41, 5.74) is 3.23. The summed E-state index contributed by atoms with van der Waals surface area (Å²) in [5, 5.41) is 0. The Bertz CT molecular complexity index is 1560. The van der Waals surface area contributed by atoms with Crippen LogP contribution in [0.5, 0.6) is 0 Å². The van der Waals surface area contributed by atoms with Crippen LogP contribution in [0.2, 0.25) is 0 Å². The lowest BCUT2D eigenvalue weighted by Gasteiger charge is -2.28. The second kappa shape index (κ2) is 12.6. The fourth-order valence-corrected chi connectivity index (χ4v) is 4.98. The van der Waals surface area contributed by atoms with Crippen molar-refractivity contribution in [2.45, 2.75) is 5.92 Å². The zero-order chi connectivity index (χ0) is 27.7. The van der Waals surface area contributed by atoms with Crippen molar-refractivity contribution in [3.05, 3.63) is 185 Å². The molecule has 5 aromatic rings. The third-order valence-corrected chi connectivity index (χ3v) is 6.93. The molecule has 1 atom stereocenters. The van der Waals surface area contributed by atoms with E-state index < -0.39 is 11.8 Å². The Balaban J connectivity index is 1.78. The highest BCUT2D eigenvalue weighted by atomic mass is 16.2. The number of carbonyl (C=O) groups is 3. The van der Waals surface area contributed by atoms with Gasteiger partial charge in [-0.1, -0.05) is 152 Å². The van der Waals surface area contributed by atoms with Crippen molar-refractivity contribution in [1.82, 2.24) is 0 Å². The Hall–Kier alpha value is -5.15. The first-order valence-electron chi connectivity index (χ1n) is 13.2. The highest BCUT2D eigenvalue weighted by molar-refractivity contribution is 6.20. The van der Waals surface area contributed by atoms with Crippen molar-refractivity contribution in [2.24, 2.45) is 5.92 Å². The average molecular weight is 521 g/mol. The molecule has 3 heteroatoms. The summed E-state index contributed by atoms with van der Waals surface area (Å²) in [5.74, 6) is -2.90. The fraction of sp³-hybridized carbons (Fsp3) is 0.0541. The maximum atomic E-state index is 14.3. The monoisotopic (exact) mass is 520 g/mol. The summed E-state index contributed by atoms with van der Waals surface area (Å²) in [6, 6.07) is 45.6. The predicted octanol–water partition coefficient (Wildman–Crippen LogP) is 8.12. The van der Waals surface area contributed by atoms with E-state index in [9.17, 15) is 14.4 Å². The Morgan fingerprint density at radius 1 is 0.450 bits per heavy atom. The average Bonchev–Trinajstić information content (AvgIpc) is 3.04. The first-order valence-corrected chi connectivity index (χ1v) is 13.2. The van der Waals surface area contributed by atoms with Gasteiger partial charge >= 0.3 is 0 Å². The lowest BCUT2D eigenvalue weighted by atomic mass is 9.71. The molecule has 0 saturated carbocycles. The van der Waals surface area contributed by atoms with Crippen molar-refractivity contribution < 1.29 is 14.4 Å². The number of ketones is 3. The number of hydrogen-bond acceptors (Lipinski definition) is 3. The summed E-state index contributed by atoms with van der Waals surface area (Å²) < 4.78 is 0. The molecular weight excluding hydrogens is 492 g/mol. The molecule has 0 aliphatic heterocycles. The summed E-state index contributed by atoms with van der Waals surface area (Å²) in [6.07, 6.45) is 1.82. The number of Topliss-reactive ketones (excluding diaryl/α,β-unsaturated/α-hetero) is 3. The van der Waals surface area contributed by atoms with Crippen LogP contribution in [0.15, 0.2) is 157 Å². The number of rotatable bonds is 10. The molecule has 0 aliphatic rings. The van der Waals surface area contributed by atoms with Crippen molar-refractivity contribution in [1.29, 1.82) is 0 Å². The van der Waals surface area contributed by atoms with Crippen LogP contribution in [-0.2, 0) is 0 Å². The summed E-state index contributed by atoms with van der Waals surface area (Å²) in [4.78, 5) is 43.0. The normalized spacial score (nSPS) is 12.1. The first kappa shape index (κ1) is 26.5. The summed E-state index contributed by atoms with van der Waals surface area (Å²) in [7, 11) is 0. The zero-order valence-electron chi connectivity index (χ0n) is 21.9. The summed E-state index contributed by atoms with van der Waals surface area (Å²) >= 11 is 0. The van der Waals surface area contributed by atoms with Gasteiger partial charge in [-0.15, -0.1) is 0 Å². The van der Waals surface area contributed by atoms with Crippen LogP contribution in [0.4, 0.5) is 0 Å². The standard InChI is InChI=1S/C37H28O3/c38-35(29-20-10-3-11-21-29)32(26-27-16-6-1-7-17-27)33(28-18-8-2-9-19-28)34(36(39)30-22-12-4-13-23-30)37(40)31-24-14-5-15-25-31/h1-26,33-34H/b32-26-. The molecule has 0 fully saturated rings. The van der Waals surface area contributed by atoms with Crippen molar-refractivity contribution in [3.8, 4) is 0 Å². The molecule has 5 rings (SSSR count). The lowest BCUT2D eigenvalue weighted by Crippen LogP contribution is -2.33. The highest BCUT2D eigenvalue weighted by Gasteiger charge is 2.40. The molecule has 0 spiro atoms. The second-order valence-electron chi connectivity index (χ2n) is 9.53. The van der Waals surface area contributed by atoms with Gasteiger partial charge < -0.3 is 0 Å². The van der Waals surface area contributed by atoms with Crippen LogP contribution in [0.25, 0.3) is 6.08 Å². The molecule has 0 N–H and O–H groups in total. The molecule has 40 heavy (non-hydrogen) atoms. The molecule has 0 bridgehead atoms. The third-order valence-electron chi connectivity index (χ3n) is 6.93. The van der Waals surface area contributed by atoms with Gasteiger partial charge in [0.25, 0.3) is 0 Å². The molecular formula is C37H28O3. The molecule has 0 aliphatic carbocycles. The maximum Gasteiger partial charge on any atom is 0.189 e. The maximum absolute atomic E-state index is 14.3. The number of benzene rings is 5. The van der Waals surface area contributed by atoms with Crippen LogP contribution in [-0.4, -0.2) is 17.3 Å². The van der Waals surface area contributed by atoms with Crippen LogP contribution in [0, 0.1) is 5.92 Å². The van der Waals surface area contributed by atoms with E-state index in [1.165, 1.54) is 0 Å². The van der Waals surface area contributed by atoms with Gasteiger partial charge in [0, 0.05) is 28.2 Å². The van der Waals surface area contributed by atoms with Gasteiger partial charge in [-0.2, -0.15) is 0 Å². The Morgan fingerprint density at radius 2 is 0.825 bits per heavy atom. The lowest BCUT2D eigenvalue weighted by molar-refractivity contribution is 0.0790. The van der Waals surface area contributed by atoms with E-state index in [0.717, 1.165) is 5.56 Å². The van der Waals surface area contributed by atoms with E-state index in [1.807, 2.05) is 97.1 Å². The number of hydrogen-bond donors (Lipinski definition) is 0. The minimum absolute atomic E-state index is 0.231. The minimum atomic E-state index is -1.17. The van der Waals surface area contributed by atoms with E-state index in [1.54, 1.807) is 60.7 Å². The molecule has 0 aromatic heterocycles. The van der Waals surface area contributed by atoms with Gasteiger partial charge in [-0.3, -0.25) is 14.4 Å². The fourth-order valence-electron chi connectivity index (χ4n) is 4.98. The van der Waals surface area contributed by atoms with E-state index in [-0.39, 0.29) is 17.3 Å². The quantitative estimate of drug-likeness (QED) is 0.106.